The number of para-hydroxylation sites is 1. The van der Waals surface area contributed by atoms with E-state index in [1.807, 2.05) is 44.2 Å². The number of hydrogen-bond acceptors (Lipinski definition) is 5. The molecule has 0 spiro atoms. The van der Waals surface area contributed by atoms with Crippen molar-refractivity contribution in [3.8, 4) is 5.75 Å². The quantitative estimate of drug-likeness (QED) is 0.341. The van der Waals surface area contributed by atoms with Crippen LogP contribution in [0.2, 0.25) is 0 Å². The number of halogens is 2. The highest BCUT2D eigenvalue weighted by Crippen LogP contribution is 2.36. The monoisotopic (exact) mass is 648 g/mol. The van der Waals surface area contributed by atoms with Crippen LogP contribution in [0.3, 0.4) is 0 Å². The van der Waals surface area contributed by atoms with Gasteiger partial charge in [-0.05, 0) is 101 Å². The number of carbonyl (C=O) groups excluding carboxylic acids is 3. The molecule has 3 rings (SSSR count). The third-order valence-corrected chi connectivity index (χ3v) is 6.54. The topological polar surface area (TPSA) is 75.7 Å². The third kappa shape index (κ3) is 5.35. The van der Waals surface area contributed by atoms with Gasteiger partial charge in [0.2, 0.25) is 5.91 Å². The second kappa shape index (κ2) is 10.1. The first-order chi connectivity index (χ1) is 14.3. The lowest BCUT2D eigenvalue weighted by Gasteiger charge is -2.13. The number of hydrogen-bond donors (Lipinski definition) is 1. The molecule has 6 nitrogen and oxygen atoms in total. The van der Waals surface area contributed by atoms with Crippen molar-refractivity contribution in [2.75, 3.05) is 18.5 Å². The lowest BCUT2D eigenvalue weighted by molar-refractivity contribution is -0.127. The van der Waals surface area contributed by atoms with Gasteiger partial charge in [-0.3, -0.25) is 19.3 Å². The highest BCUT2D eigenvalue weighted by atomic mass is 127. The maximum atomic E-state index is 12.8. The van der Waals surface area contributed by atoms with Crippen molar-refractivity contribution in [2.24, 2.45) is 0 Å². The maximum absolute atomic E-state index is 12.8. The van der Waals surface area contributed by atoms with Crippen LogP contribution < -0.4 is 10.1 Å². The summed E-state index contributed by atoms with van der Waals surface area (Å²) < 4.78 is 7.64. The second-order valence-electron chi connectivity index (χ2n) is 6.37. The van der Waals surface area contributed by atoms with E-state index in [-0.39, 0.29) is 11.4 Å². The summed E-state index contributed by atoms with van der Waals surface area (Å²) in [4.78, 5) is 38.8. The van der Waals surface area contributed by atoms with Crippen LogP contribution in [0.1, 0.15) is 18.1 Å². The first-order valence-corrected chi connectivity index (χ1v) is 12.0. The molecule has 2 aromatic carbocycles. The molecule has 0 atom stereocenters. The van der Waals surface area contributed by atoms with Gasteiger partial charge < -0.3 is 10.1 Å². The number of carbonyl (C=O) groups is 3. The highest BCUT2D eigenvalue weighted by molar-refractivity contribution is 14.1. The van der Waals surface area contributed by atoms with Gasteiger partial charge in [-0.15, -0.1) is 0 Å². The van der Waals surface area contributed by atoms with Crippen molar-refractivity contribution in [1.29, 1.82) is 0 Å². The number of ether oxygens (including phenoxy) is 1. The predicted molar refractivity (Wildman–Crippen MR) is 136 cm³/mol. The third-order valence-electron chi connectivity index (χ3n) is 4.21. The fourth-order valence-corrected chi connectivity index (χ4v) is 5.68. The minimum Gasteiger partial charge on any atom is -0.492 e. The smallest absolute Gasteiger partial charge is 0.294 e. The number of amides is 3. The van der Waals surface area contributed by atoms with Crippen LogP contribution in [0.5, 0.6) is 5.75 Å². The predicted octanol–water partition coefficient (Wildman–Crippen LogP) is 5.28. The standard InChI is InChI=1S/C21H18I2N2O4S/c1-3-29-19-13(8-14(22)10-15(19)23)9-17-20(27)25(21(28)30-17)11-18(26)24-16-7-5-4-6-12(16)2/h4-10H,3,11H2,1-2H3,(H,24,26)/b17-9+. The van der Waals surface area contributed by atoms with Gasteiger partial charge in [0.15, 0.2) is 0 Å². The molecule has 0 bridgehead atoms. The van der Waals surface area contributed by atoms with E-state index in [9.17, 15) is 14.4 Å². The Morgan fingerprint density at radius 2 is 1.97 bits per heavy atom. The van der Waals surface area contributed by atoms with E-state index in [1.165, 1.54) is 0 Å². The van der Waals surface area contributed by atoms with E-state index in [4.69, 9.17) is 4.74 Å². The number of rotatable bonds is 6. The largest absolute Gasteiger partial charge is 0.492 e. The van der Waals surface area contributed by atoms with Crippen LogP contribution in [0, 0.1) is 14.1 Å². The van der Waals surface area contributed by atoms with E-state index in [0.29, 0.717) is 18.0 Å². The number of anilines is 1. The van der Waals surface area contributed by atoms with Gasteiger partial charge in [-0.1, -0.05) is 18.2 Å². The average Bonchev–Trinajstić information content (AvgIpc) is 2.94. The molecule has 0 radical (unpaired) electrons. The Kier molecular flexibility index (Phi) is 7.80. The first-order valence-electron chi connectivity index (χ1n) is 9.02. The fraction of sp³-hybridized carbons (Fsp3) is 0.190. The summed E-state index contributed by atoms with van der Waals surface area (Å²) in [5.41, 5.74) is 2.28. The summed E-state index contributed by atoms with van der Waals surface area (Å²) in [6.45, 7) is 3.91. The zero-order valence-electron chi connectivity index (χ0n) is 16.2. The van der Waals surface area contributed by atoms with Crippen LogP contribution in [0.4, 0.5) is 10.5 Å². The van der Waals surface area contributed by atoms with Gasteiger partial charge in [-0.25, -0.2) is 0 Å². The molecular weight excluding hydrogens is 630 g/mol. The molecule has 1 heterocycles. The van der Waals surface area contributed by atoms with Gasteiger partial charge in [0.1, 0.15) is 12.3 Å². The molecule has 156 valence electrons. The van der Waals surface area contributed by atoms with Crippen molar-refractivity contribution in [3.63, 3.8) is 0 Å². The van der Waals surface area contributed by atoms with Crippen LogP contribution >= 0.6 is 56.9 Å². The Bertz CT molecular complexity index is 1060. The summed E-state index contributed by atoms with van der Waals surface area (Å²) in [7, 11) is 0. The lowest BCUT2D eigenvalue weighted by atomic mass is 10.2. The summed E-state index contributed by atoms with van der Waals surface area (Å²) >= 11 is 5.20. The van der Waals surface area contributed by atoms with Crippen LogP contribution in [-0.2, 0) is 9.59 Å². The van der Waals surface area contributed by atoms with Crippen LogP contribution in [0.25, 0.3) is 6.08 Å². The maximum Gasteiger partial charge on any atom is 0.294 e. The average molecular weight is 648 g/mol. The molecule has 0 saturated carbocycles. The van der Waals surface area contributed by atoms with E-state index in [2.05, 4.69) is 50.5 Å². The van der Waals surface area contributed by atoms with Gasteiger partial charge in [-0.2, -0.15) is 0 Å². The Labute approximate surface area is 206 Å². The van der Waals surface area contributed by atoms with Crippen molar-refractivity contribution >= 4 is 85.8 Å². The van der Waals surface area contributed by atoms with Gasteiger partial charge in [0.25, 0.3) is 11.1 Å². The summed E-state index contributed by atoms with van der Waals surface area (Å²) in [6, 6.07) is 11.2. The molecule has 1 N–H and O–H groups in total. The van der Waals surface area contributed by atoms with E-state index >= 15 is 0 Å². The van der Waals surface area contributed by atoms with E-state index in [1.54, 1.807) is 12.1 Å². The van der Waals surface area contributed by atoms with E-state index < -0.39 is 17.1 Å². The van der Waals surface area contributed by atoms with E-state index in [0.717, 1.165) is 34.9 Å². The molecule has 3 amide bonds. The molecule has 1 aliphatic rings. The fourth-order valence-electron chi connectivity index (χ4n) is 2.81. The lowest BCUT2D eigenvalue weighted by Crippen LogP contribution is -2.36. The Balaban J connectivity index is 1.80. The number of benzene rings is 2. The molecule has 0 aromatic heterocycles. The molecule has 2 aromatic rings. The number of imide groups is 1. The highest BCUT2D eigenvalue weighted by Gasteiger charge is 2.36. The molecule has 1 saturated heterocycles. The Morgan fingerprint density at radius 1 is 1.23 bits per heavy atom. The zero-order chi connectivity index (χ0) is 21.8. The summed E-state index contributed by atoms with van der Waals surface area (Å²) in [6.07, 6.45) is 1.65. The van der Waals surface area contributed by atoms with Crippen molar-refractivity contribution in [1.82, 2.24) is 4.90 Å². The SMILES string of the molecule is CCOc1c(I)cc(I)cc1/C=C1/SC(=O)N(CC(=O)Nc2ccccc2C)C1=O. The minimum absolute atomic E-state index is 0.266. The molecule has 9 heteroatoms. The number of nitrogens with zero attached hydrogens (tertiary/aromatic N) is 1. The normalized spacial score (nSPS) is 15.1. The molecular formula is C21H18I2N2O4S. The first kappa shape index (κ1) is 23.1. The van der Waals surface area contributed by atoms with Crippen LogP contribution in [-0.4, -0.2) is 35.1 Å². The molecule has 0 unspecified atom stereocenters. The Hall–Kier alpha value is -1.60. The van der Waals surface area contributed by atoms with Gasteiger partial charge in [0, 0.05) is 14.8 Å². The molecule has 1 fully saturated rings. The second-order valence-corrected chi connectivity index (χ2v) is 9.77. The van der Waals surface area contributed by atoms with Gasteiger partial charge in [0.05, 0.1) is 15.1 Å². The van der Waals surface area contributed by atoms with Crippen molar-refractivity contribution in [3.05, 3.63) is 59.6 Å². The number of nitrogens with one attached hydrogen (secondary N) is 1. The molecule has 30 heavy (non-hydrogen) atoms. The summed E-state index contributed by atoms with van der Waals surface area (Å²) in [5.74, 6) is -0.240. The molecule has 1 aliphatic heterocycles. The van der Waals surface area contributed by atoms with Gasteiger partial charge >= 0.3 is 0 Å². The number of aryl methyl sites for hydroxylation is 1. The minimum atomic E-state index is -0.485. The summed E-state index contributed by atoms with van der Waals surface area (Å²) in [5, 5.41) is 2.28. The zero-order valence-corrected chi connectivity index (χ0v) is 21.3. The molecule has 0 aliphatic carbocycles. The number of thioether (sulfide) groups is 1. The van der Waals surface area contributed by atoms with Crippen molar-refractivity contribution in [2.45, 2.75) is 13.8 Å². The Morgan fingerprint density at radius 3 is 2.67 bits per heavy atom. The van der Waals surface area contributed by atoms with Crippen LogP contribution in [0.15, 0.2) is 41.3 Å². The van der Waals surface area contributed by atoms with Crippen molar-refractivity contribution < 1.29 is 19.1 Å².